The van der Waals surface area contributed by atoms with E-state index in [0.29, 0.717) is 0 Å². The molecule has 2 aromatic rings. The van der Waals surface area contributed by atoms with Gasteiger partial charge in [0.05, 0.1) is 11.6 Å². The lowest BCUT2D eigenvalue weighted by Crippen LogP contribution is -1.96. The van der Waals surface area contributed by atoms with Crippen LogP contribution in [-0.2, 0) is 6.42 Å². The molecular weight excluding hydrogens is 243 g/mol. The molecule has 0 aliphatic rings. The van der Waals surface area contributed by atoms with Crippen molar-refractivity contribution in [1.82, 2.24) is 0 Å². The van der Waals surface area contributed by atoms with Crippen LogP contribution in [-0.4, -0.2) is 0 Å². The monoisotopic (exact) mass is 254 g/mol. The van der Waals surface area contributed by atoms with Crippen molar-refractivity contribution in [2.24, 2.45) is 0 Å². The van der Waals surface area contributed by atoms with Gasteiger partial charge in [-0.15, -0.1) is 11.6 Å². The molecule has 16 heavy (non-hydrogen) atoms. The zero-order valence-corrected chi connectivity index (χ0v) is 10.4. The van der Waals surface area contributed by atoms with Crippen LogP contribution in [0.2, 0.25) is 5.02 Å². The zero-order valence-electron chi connectivity index (χ0n) is 8.91. The fourth-order valence-electron chi connectivity index (χ4n) is 1.70. The highest BCUT2D eigenvalue weighted by molar-refractivity contribution is 6.30. The van der Waals surface area contributed by atoms with E-state index in [2.05, 4.69) is 0 Å². The molecule has 0 saturated carbocycles. The third kappa shape index (κ3) is 2.60. The molecule has 1 heterocycles. The van der Waals surface area contributed by atoms with E-state index < -0.39 is 0 Å². The van der Waals surface area contributed by atoms with Gasteiger partial charge < -0.3 is 4.42 Å². The maximum absolute atomic E-state index is 6.34. The van der Waals surface area contributed by atoms with Crippen molar-refractivity contribution in [1.29, 1.82) is 0 Å². The first kappa shape index (κ1) is 11.6. The molecule has 1 unspecified atom stereocenters. The van der Waals surface area contributed by atoms with Gasteiger partial charge in [0.25, 0.3) is 0 Å². The van der Waals surface area contributed by atoms with Gasteiger partial charge in [0.15, 0.2) is 0 Å². The molecule has 0 aliphatic carbocycles. The first-order valence-electron chi connectivity index (χ1n) is 5.09. The second-order valence-corrected chi connectivity index (χ2v) is 4.70. The van der Waals surface area contributed by atoms with Crippen LogP contribution in [0, 0.1) is 6.92 Å². The lowest BCUT2D eigenvalue weighted by atomic mass is 10.0. The summed E-state index contributed by atoms with van der Waals surface area (Å²) in [5, 5.41) is 0.669. The van der Waals surface area contributed by atoms with Gasteiger partial charge in [0.2, 0.25) is 0 Å². The standard InChI is InChI=1S/C13H12Cl2O/c1-9-12(5-6-16-9)13(15)8-10-3-2-4-11(14)7-10/h2-7,13H,8H2,1H3. The fraction of sp³-hybridized carbons (Fsp3) is 0.231. The van der Waals surface area contributed by atoms with Gasteiger partial charge in [0, 0.05) is 10.6 Å². The minimum absolute atomic E-state index is 0.0720. The van der Waals surface area contributed by atoms with Crippen molar-refractivity contribution in [2.75, 3.05) is 0 Å². The Morgan fingerprint density at radius 2 is 2.12 bits per heavy atom. The Labute approximate surface area is 105 Å². The number of rotatable bonds is 3. The van der Waals surface area contributed by atoms with Gasteiger partial charge in [-0.05, 0) is 37.1 Å². The van der Waals surface area contributed by atoms with Gasteiger partial charge in [0.1, 0.15) is 5.76 Å². The Hall–Kier alpha value is -0.920. The molecule has 0 radical (unpaired) electrons. The molecule has 1 atom stereocenters. The van der Waals surface area contributed by atoms with Crippen LogP contribution >= 0.6 is 23.2 Å². The highest BCUT2D eigenvalue weighted by Gasteiger charge is 2.13. The number of hydrogen-bond acceptors (Lipinski definition) is 1. The van der Waals surface area contributed by atoms with E-state index in [1.807, 2.05) is 37.3 Å². The molecule has 1 nitrogen and oxygen atoms in total. The minimum atomic E-state index is -0.0720. The molecule has 84 valence electrons. The Balaban J connectivity index is 2.14. The van der Waals surface area contributed by atoms with E-state index in [1.54, 1.807) is 6.26 Å². The largest absolute Gasteiger partial charge is 0.469 e. The maximum Gasteiger partial charge on any atom is 0.105 e. The third-order valence-corrected chi connectivity index (χ3v) is 3.16. The highest BCUT2D eigenvalue weighted by Crippen LogP contribution is 2.28. The predicted molar refractivity (Wildman–Crippen MR) is 67.2 cm³/mol. The molecule has 0 bridgehead atoms. The topological polar surface area (TPSA) is 13.1 Å². The Morgan fingerprint density at radius 1 is 1.31 bits per heavy atom. The van der Waals surface area contributed by atoms with Crippen molar-refractivity contribution < 1.29 is 4.42 Å². The number of aryl methyl sites for hydroxylation is 1. The van der Waals surface area contributed by atoms with Gasteiger partial charge in [-0.1, -0.05) is 23.7 Å². The van der Waals surface area contributed by atoms with Crippen LogP contribution < -0.4 is 0 Å². The summed E-state index contributed by atoms with van der Waals surface area (Å²) in [5.41, 5.74) is 2.18. The third-order valence-electron chi connectivity index (χ3n) is 2.54. The molecule has 0 N–H and O–H groups in total. The van der Waals surface area contributed by atoms with Crippen molar-refractivity contribution in [3.63, 3.8) is 0 Å². The number of halogens is 2. The smallest absolute Gasteiger partial charge is 0.105 e. The van der Waals surface area contributed by atoms with E-state index >= 15 is 0 Å². The second kappa shape index (κ2) is 4.94. The minimum Gasteiger partial charge on any atom is -0.469 e. The second-order valence-electron chi connectivity index (χ2n) is 3.73. The molecule has 2 rings (SSSR count). The summed E-state index contributed by atoms with van der Waals surface area (Å²) in [5.74, 6) is 0.877. The lowest BCUT2D eigenvalue weighted by Gasteiger charge is -2.08. The van der Waals surface area contributed by atoms with Gasteiger partial charge >= 0.3 is 0 Å². The van der Waals surface area contributed by atoms with Crippen LogP contribution in [0.3, 0.4) is 0 Å². The van der Waals surface area contributed by atoms with Crippen molar-refractivity contribution in [2.45, 2.75) is 18.7 Å². The average molecular weight is 255 g/mol. The summed E-state index contributed by atoms with van der Waals surface area (Å²) in [6.45, 7) is 1.92. The first-order chi connectivity index (χ1) is 7.66. The van der Waals surface area contributed by atoms with Crippen LogP contribution in [0.5, 0.6) is 0 Å². The number of furan rings is 1. The van der Waals surface area contributed by atoms with E-state index in [0.717, 1.165) is 28.3 Å². The normalized spacial score (nSPS) is 12.7. The molecule has 0 aliphatic heterocycles. The Kier molecular flexibility index (Phi) is 3.57. The summed E-state index contributed by atoms with van der Waals surface area (Å²) in [6, 6.07) is 9.67. The molecule has 0 saturated heterocycles. The van der Waals surface area contributed by atoms with Crippen LogP contribution in [0.4, 0.5) is 0 Å². The molecule has 0 amide bonds. The summed E-state index contributed by atoms with van der Waals surface area (Å²) in [7, 11) is 0. The molecule has 3 heteroatoms. The fourth-order valence-corrected chi connectivity index (χ4v) is 2.32. The van der Waals surface area contributed by atoms with E-state index in [4.69, 9.17) is 27.6 Å². The zero-order chi connectivity index (χ0) is 11.5. The Morgan fingerprint density at radius 3 is 2.75 bits per heavy atom. The molecule has 1 aromatic carbocycles. The molecule has 1 aromatic heterocycles. The van der Waals surface area contributed by atoms with Gasteiger partial charge in [-0.25, -0.2) is 0 Å². The van der Waals surface area contributed by atoms with Crippen LogP contribution in [0.15, 0.2) is 41.0 Å². The molecular formula is C13H12Cl2O. The van der Waals surface area contributed by atoms with E-state index in [9.17, 15) is 0 Å². The van der Waals surface area contributed by atoms with Crippen LogP contribution in [0.1, 0.15) is 22.3 Å². The summed E-state index contributed by atoms with van der Waals surface area (Å²) in [6.07, 6.45) is 2.42. The lowest BCUT2D eigenvalue weighted by molar-refractivity contribution is 0.529. The average Bonchev–Trinajstić information content (AvgIpc) is 2.64. The van der Waals surface area contributed by atoms with E-state index in [-0.39, 0.29) is 5.38 Å². The number of alkyl halides is 1. The van der Waals surface area contributed by atoms with Crippen LogP contribution in [0.25, 0.3) is 0 Å². The highest BCUT2D eigenvalue weighted by atomic mass is 35.5. The quantitative estimate of drug-likeness (QED) is 0.720. The first-order valence-corrected chi connectivity index (χ1v) is 5.91. The summed E-state index contributed by atoms with van der Waals surface area (Å²) < 4.78 is 5.24. The Bertz CT molecular complexity index is 476. The molecule has 0 spiro atoms. The molecule has 0 fully saturated rings. The van der Waals surface area contributed by atoms with E-state index in [1.165, 1.54) is 0 Å². The van der Waals surface area contributed by atoms with Gasteiger partial charge in [-0.3, -0.25) is 0 Å². The van der Waals surface area contributed by atoms with Crippen molar-refractivity contribution >= 4 is 23.2 Å². The number of hydrogen-bond donors (Lipinski definition) is 0. The maximum atomic E-state index is 6.34. The summed E-state index contributed by atoms with van der Waals surface area (Å²) in [4.78, 5) is 0. The van der Waals surface area contributed by atoms with Crippen molar-refractivity contribution in [3.05, 3.63) is 58.5 Å². The SMILES string of the molecule is Cc1occc1C(Cl)Cc1cccc(Cl)c1. The van der Waals surface area contributed by atoms with Gasteiger partial charge in [-0.2, -0.15) is 0 Å². The summed E-state index contributed by atoms with van der Waals surface area (Å²) >= 11 is 12.3. The number of benzene rings is 1. The predicted octanol–water partition coefficient (Wildman–Crippen LogP) is 4.76. The van der Waals surface area contributed by atoms with Crippen molar-refractivity contribution in [3.8, 4) is 0 Å².